The fourth-order valence-electron chi connectivity index (χ4n) is 2.84. The van der Waals surface area contributed by atoms with Crippen LogP contribution in [0.4, 0.5) is 0 Å². The van der Waals surface area contributed by atoms with Crippen LogP contribution >= 0.6 is 0 Å². The average molecular weight is 302 g/mol. The molecule has 1 amide bonds. The van der Waals surface area contributed by atoms with E-state index in [2.05, 4.69) is 21.3 Å². The van der Waals surface area contributed by atoms with Gasteiger partial charge in [0, 0.05) is 64.8 Å². The van der Waals surface area contributed by atoms with E-state index < -0.39 is 0 Å². The summed E-state index contributed by atoms with van der Waals surface area (Å²) in [5, 5.41) is 8.56. The van der Waals surface area contributed by atoms with Crippen molar-refractivity contribution in [3.63, 3.8) is 0 Å². The zero-order valence-electron chi connectivity index (χ0n) is 13.4. The van der Waals surface area contributed by atoms with Crippen molar-refractivity contribution in [2.45, 2.75) is 13.5 Å². The molecule has 0 atom stereocenters. The lowest BCUT2D eigenvalue weighted by Crippen LogP contribution is -2.48. The van der Waals surface area contributed by atoms with Crippen molar-refractivity contribution in [3.8, 4) is 0 Å². The van der Waals surface area contributed by atoms with E-state index >= 15 is 0 Å². The fourth-order valence-corrected chi connectivity index (χ4v) is 2.84. The zero-order valence-corrected chi connectivity index (χ0v) is 13.4. The fraction of sp³-hybridized carbons (Fsp3) is 0.533. The van der Waals surface area contributed by atoms with Crippen molar-refractivity contribution in [1.29, 1.82) is 0 Å². The van der Waals surface area contributed by atoms with Crippen molar-refractivity contribution in [2.24, 2.45) is 14.1 Å². The SMILES string of the molecule is Cc1nn(C)cc1CN1CCN(C(=O)c2ccn(C)n2)CC1. The second-order valence-corrected chi connectivity index (χ2v) is 5.86. The lowest BCUT2D eigenvalue weighted by atomic mass is 10.2. The maximum absolute atomic E-state index is 12.4. The number of nitrogens with zero attached hydrogens (tertiary/aromatic N) is 6. The molecule has 0 aromatic carbocycles. The van der Waals surface area contributed by atoms with Gasteiger partial charge in [-0.3, -0.25) is 19.1 Å². The molecule has 0 N–H and O–H groups in total. The van der Waals surface area contributed by atoms with Crippen molar-refractivity contribution >= 4 is 5.91 Å². The van der Waals surface area contributed by atoms with Crippen LogP contribution in [-0.2, 0) is 20.6 Å². The number of aromatic nitrogens is 4. The van der Waals surface area contributed by atoms with Gasteiger partial charge in [-0.2, -0.15) is 10.2 Å². The minimum Gasteiger partial charge on any atom is -0.335 e. The van der Waals surface area contributed by atoms with Gasteiger partial charge in [-0.1, -0.05) is 0 Å². The normalized spacial score (nSPS) is 16.2. The highest BCUT2D eigenvalue weighted by Crippen LogP contribution is 2.12. The Morgan fingerprint density at radius 1 is 1.14 bits per heavy atom. The summed E-state index contributed by atoms with van der Waals surface area (Å²) in [6, 6.07) is 1.77. The lowest BCUT2D eigenvalue weighted by Gasteiger charge is -2.34. The van der Waals surface area contributed by atoms with E-state index in [0.717, 1.165) is 38.4 Å². The number of aryl methyl sites for hydroxylation is 3. The molecule has 3 rings (SSSR count). The largest absolute Gasteiger partial charge is 0.335 e. The van der Waals surface area contributed by atoms with Gasteiger partial charge in [-0.15, -0.1) is 0 Å². The van der Waals surface area contributed by atoms with Gasteiger partial charge in [0.05, 0.1) is 5.69 Å². The molecule has 0 saturated carbocycles. The van der Waals surface area contributed by atoms with E-state index in [1.807, 2.05) is 30.6 Å². The van der Waals surface area contributed by atoms with E-state index in [4.69, 9.17) is 0 Å². The quantitative estimate of drug-likeness (QED) is 0.824. The van der Waals surface area contributed by atoms with Crippen LogP contribution in [0.1, 0.15) is 21.7 Å². The average Bonchev–Trinajstić information content (AvgIpc) is 3.05. The second kappa shape index (κ2) is 5.92. The van der Waals surface area contributed by atoms with E-state index in [1.54, 1.807) is 16.9 Å². The Labute approximate surface area is 130 Å². The summed E-state index contributed by atoms with van der Waals surface area (Å²) in [6.07, 6.45) is 3.87. The molecular formula is C15H22N6O. The predicted molar refractivity (Wildman–Crippen MR) is 82.3 cm³/mol. The summed E-state index contributed by atoms with van der Waals surface area (Å²) in [5.74, 6) is 0.0257. The molecule has 22 heavy (non-hydrogen) atoms. The van der Waals surface area contributed by atoms with Crippen LogP contribution in [-0.4, -0.2) is 61.4 Å². The number of rotatable bonds is 3. The molecule has 2 aromatic heterocycles. The highest BCUT2D eigenvalue weighted by atomic mass is 16.2. The maximum atomic E-state index is 12.4. The molecule has 0 spiro atoms. The van der Waals surface area contributed by atoms with Crippen LogP contribution in [0, 0.1) is 6.92 Å². The molecule has 1 aliphatic heterocycles. The van der Waals surface area contributed by atoms with Crippen LogP contribution in [0.2, 0.25) is 0 Å². The summed E-state index contributed by atoms with van der Waals surface area (Å²) in [7, 11) is 3.77. The first-order valence-electron chi connectivity index (χ1n) is 7.53. The number of amides is 1. The Morgan fingerprint density at radius 2 is 1.86 bits per heavy atom. The van der Waals surface area contributed by atoms with Crippen molar-refractivity contribution in [3.05, 3.63) is 35.4 Å². The molecule has 3 heterocycles. The molecule has 0 aliphatic carbocycles. The standard InChI is InChI=1S/C15H22N6O/c1-12-13(10-19(3)16-12)11-20-6-8-21(9-7-20)15(22)14-4-5-18(2)17-14/h4-5,10H,6-9,11H2,1-3H3. The highest BCUT2D eigenvalue weighted by Gasteiger charge is 2.24. The first-order chi connectivity index (χ1) is 10.5. The third-order valence-electron chi connectivity index (χ3n) is 4.10. The summed E-state index contributed by atoms with van der Waals surface area (Å²) < 4.78 is 3.51. The number of carbonyl (C=O) groups excluding carboxylic acids is 1. The summed E-state index contributed by atoms with van der Waals surface area (Å²) in [5.41, 5.74) is 2.86. The number of piperazine rings is 1. The summed E-state index contributed by atoms with van der Waals surface area (Å²) in [6.45, 7) is 6.19. The molecule has 1 aliphatic rings. The molecule has 0 radical (unpaired) electrons. The molecule has 0 bridgehead atoms. The van der Waals surface area contributed by atoms with Crippen LogP contribution in [0.3, 0.4) is 0 Å². The number of carbonyl (C=O) groups is 1. The third kappa shape index (κ3) is 3.04. The molecule has 1 saturated heterocycles. The van der Waals surface area contributed by atoms with Gasteiger partial charge >= 0.3 is 0 Å². The Hall–Kier alpha value is -2.15. The Balaban J connectivity index is 1.56. The minimum absolute atomic E-state index is 0.0257. The van der Waals surface area contributed by atoms with Crippen LogP contribution < -0.4 is 0 Å². The van der Waals surface area contributed by atoms with Crippen molar-refractivity contribution < 1.29 is 4.79 Å². The molecular weight excluding hydrogens is 280 g/mol. The molecule has 7 heteroatoms. The minimum atomic E-state index is 0.0257. The third-order valence-corrected chi connectivity index (χ3v) is 4.10. The van der Waals surface area contributed by atoms with Crippen LogP contribution in [0.5, 0.6) is 0 Å². The van der Waals surface area contributed by atoms with Gasteiger partial charge in [0.2, 0.25) is 0 Å². The van der Waals surface area contributed by atoms with E-state index in [9.17, 15) is 4.79 Å². The van der Waals surface area contributed by atoms with Crippen LogP contribution in [0.15, 0.2) is 18.5 Å². The van der Waals surface area contributed by atoms with Gasteiger partial charge in [-0.25, -0.2) is 0 Å². The van der Waals surface area contributed by atoms with Crippen LogP contribution in [0.25, 0.3) is 0 Å². The van der Waals surface area contributed by atoms with Gasteiger partial charge in [0.1, 0.15) is 5.69 Å². The molecule has 7 nitrogen and oxygen atoms in total. The number of hydrogen-bond acceptors (Lipinski definition) is 4. The van der Waals surface area contributed by atoms with E-state index in [0.29, 0.717) is 5.69 Å². The Morgan fingerprint density at radius 3 is 2.41 bits per heavy atom. The first kappa shape index (κ1) is 14.8. The molecule has 2 aromatic rings. The smallest absolute Gasteiger partial charge is 0.274 e. The van der Waals surface area contributed by atoms with Gasteiger partial charge in [-0.05, 0) is 13.0 Å². The zero-order chi connectivity index (χ0) is 15.7. The summed E-state index contributed by atoms with van der Waals surface area (Å²) >= 11 is 0. The Kier molecular flexibility index (Phi) is 3.98. The molecule has 118 valence electrons. The molecule has 0 unspecified atom stereocenters. The van der Waals surface area contributed by atoms with Gasteiger partial charge in [0.25, 0.3) is 5.91 Å². The maximum Gasteiger partial charge on any atom is 0.274 e. The second-order valence-electron chi connectivity index (χ2n) is 5.86. The molecule has 1 fully saturated rings. The summed E-state index contributed by atoms with van der Waals surface area (Å²) in [4.78, 5) is 16.6. The Bertz CT molecular complexity index is 665. The van der Waals surface area contributed by atoms with E-state index in [1.165, 1.54) is 5.56 Å². The van der Waals surface area contributed by atoms with Gasteiger partial charge in [0.15, 0.2) is 0 Å². The van der Waals surface area contributed by atoms with Crippen molar-refractivity contribution in [1.82, 2.24) is 29.4 Å². The topological polar surface area (TPSA) is 59.2 Å². The van der Waals surface area contributed by atoms with E-state index in [-0.39, 0.29) is 5.91 Å². The number of hydrogen-bond donors (Lipinski definition) is 0. The monoisotopic (exact) mass is 302 g/mol. The predicted octanol–water partition coefficient (Wildman–Crippen LogP) is 0.420. The van der Waals surface area contributed by atoms with Gasteiger partial charge < -0.3 is 4.90 Å². The van der Waals surface area contributed by atoms with Crippen molar-refractivity contribution in [2.75, 3.05) is 26.2 Å². The lowest BCUT2D eigenvalue weighted by molar-refractivity contribution is 0.0621. The first-order valence-corrected chi connectivity index (χ1v) is 7.53. The highest BCUT2D eigenvalue weighted by molar-refractivity contribution is 5.92.